The third kappa shape index (κ3) is 3.78. The normalized spacial score (nSPS) is 27.6. The molecule has 0 bridgehead atoms. The van der Waals surface area contributed by atoms with E-state index in [1.807, 2.05) is 38.1 Å². The molecule has 3 N–H and O–H groups in total. The minimum Gasteiger partial charge on any atom is -0.491 e. The van der Waals surface area contributed by atoms with Crippen LogP contribution in [0.1, 0.15) is 58.1 Å². The van der Waals surface area contributed by atoms with Gasteiger partial charge in [0.15, 0.2) is 0 Å². The molecule has 0 radical (unpaired) electrons. The number of nitrogens with two attached hydrogens (primary N) is 1. The van der Waals surface area contributed by atoms with Crippen LogP contribution >= 0.6 is 0 Å². The average Bonchev–Trinajstić information content (AvgIpc) is 2.46. The van der Waals surface area contributed by atoms with Crippen LogP contribution in [0.25, 0.3) is 0 Å². The highest BCUT2D eigenvalue weighted by molar-refractivity contribution is 5.30. The molecule has 3 unspecified atom stereocenters. The first kappa shape index (κ1) is 16.3. The molecule has 3 atom stereocenters. The molecule has 0 saturated heterocycles. The molecular weight excluding hydrogens is 262 g/mol. The van der Waals surface area contributed by atoms with Gasteiger partial charge in [0.1, 0.15) is 5.75 Å². The Morgan fingerprint density at radius 3 is 2.52 bits per heavy atom. The predicted molar refractivity (Wildman–Crippen MR) is 86.3 cm³/mol. The van der Waals surface area contributed by atoms with E-state index >= 15 is 0 Å². The van der Waals surface area contributed by atoms with Gasteiger partial charge in [-0.25, -0.2) is 0 Å². The maximum atomic E-state index is 10.9. The molecule has 2 rings (SSSR count). The summed E-state index contributed by atoms with van der Waals surface area (Å²) in [6, 6.07) is 7.82. The molecular formula is C18H29NO2. The molecule has 0 spiro atoms. The zero-order valence-corrected chi connectivity index (χ0v) is 13.5. The van der Waals surface area contributed by atoms with Crippen molar-refractivity contribution in [3.05, 3.63) is 29.8 Å². The fourth-order valence-electron chi connectivity index (χ4n) is 3.60. The molecule has 118 valence electrons. The monoisotopic (exact) mass is 291 g/mol. The molecule has 1 aliphatic rings. The number of hydrogen-bond acceptors (Lipinski definition) is 3. The van der Waals surface area contributed by atoms with Gasteiger partial charge in [-0.15, -0.1) is 0 Å². The summed E-state index contributed by atoms with van der Waals surface area (Å²) in [5, 5.41) is 10.9. The van der Waals surface area contributed by atoms with Crippen molar-refractivity contribution in [3.8, 4) is 5.75 Å². The molecule has 1 aromatic carbocycles. The van der Waals surface area contributed by atoms with Gasteiger partial charge in [-0.1, -0.05) is 31.9 Å². The topological polar surface area (TPSA) is 55.5 Å². The fourth-order valence-corrected chi connectivity index (χ4v) is 3.60. The average molecular weight is 291 g/mol. The first-order valence-electron chi connectivity index (χ1n) is 8.11. The maximum Gasteiger partial charge on any atom is 0.119 e. The summed E-state index contributed by atoms with van der Waals surface area (Å²) in [6.07, 6.45) is 4.10. The number of aliphatic hydroxyl groups excluding tert-OH is 1. The van der Waals surface area contributed by atoms with Crippen molar-refractivity contribution in [2.24, 2.45) is 17.1 Å². The molecule has 0 heterocycles. The van der Waals surface area contributed by atoms with E-state index in [0.717, 1.165) is 30.6 Å². The van der Waals surface area contributed by atoms with Crippen molar-refractivity contribution in [1.29, 1.82) is 0 Å². The second-order valence-electron chi connectivity index (χ2n) is 6.91. The summed E-state index contributed by atoms with van der Waals surface area (Å²) in [5.74, 6) is 1.49. The SMILES string of the molecule is CC1CCCC(CN)(C(O)c2ccc(OC(C)C)cc2)C1. The highest BCUT2D eigenvalue weighted by atomic mass is 16.5. The zero-order chi connectivity index (χ0) is 15.5. The van der Waals surface area contributed by atoms with Crippen molar-refractivity contribution >= 4 is 0 Å². The van der Waals surface area contributed by atoms with Gasteiger partial charge in [0.2, 0.25) is 0 Å². The Labute approximate surface area is 128 Å². The van der Waals surface area contributed by atoms with Crippen LogP contribution in [-0.2, 0) is 0 Å². The third-order valence-corrected chi connectivity index (χ3v) is 4.68. The van der Waals surface area contributed by atoms with Crippen LogP contribution in [0.3, 0.4) is 0 Å². The lowest BCUT2D eigenvalue weighted by molar-refractivity contribution is -0.0131. The zero-order valence-electron chi connectivity index (χ0n) is 13.5. The summed E-state index contributed by atoms with van der Waals surface area (Å²) in [7, 11) is 0. The number of rotatable bonds is 5. The molecule has 3 nitrogen and oxygen atoms in total. The number of ether oxygens (including phenoxy) is 1. The number of aliphatic hydroxyl groups is 1. The Balaban J connectivity index is 2.15. The van der Waals surface area contributed by atoms with E-state index in [1.54, 1.807) is 0 Å². The molecule has 0 aliphatic heterocycles. The van der Waals surface area contributed by atoms with Crippen molar-refractivity contribution < 1.29 is 9.84 Å². The van der Waals surface area contributed by atoms with E-state index in [0.29, 0.717) is 12.5 Å². The van der Waals surface area contributed by atoms with E-state index in [1.165, 1.54) is 6.42 Å². The van der Waals surface area contributed by atoms with Crippen molar-refractivity contribution in [2.45, 2.75) is 58.7 Å². The third-order valence-electron chi connectivity index (χ3n) is 4.68. The summed E-state index contributed by atoms with van der Waals surface area (Å²) in [5.41, 5.74) is 6.83. The van der Waals surface area contributed by atoms with Crippen molar-refractivity contribution in [1.82, 2.24) is 0 Å². The standard InChI is InChI=1S/C18H29NO2/c1-13(2)21-16-8-6-15(7-9-16)17(20)18(12-19)10-4-5-14(3)11-18/h6-9,13-14,17,20H,4-5,10-12,19H2,1-3H3. The summed E-state index contributed by atoms with van der Waals surface area (Å²) in [6.45, 7) is 6.82. The Hall–Kier alpha value is -1.06. The molecule has 1 aromatic rings. The second-order valence-corrected chi connectivity index (χ2v) is 6.91. The Morgan fingerprint density at radius 2 is 2.00 bits per heavy atom. The predicted octanol–water partition coefficient (Wildman–Crippen LogP) is 3.66. The van der Waals surface area contributed by atoms with Gasteiger partial charge in [-0.2, -0.15) is 0 Å². The van der Waals surface area contributed by atoms with E-state index in [-0.39, 0.29) is 11.5 Å². The summed E-state index contributed by atoms with van der Waals surface area (Å²) in [4.78, 5) is 0. The van der Waals surface area contributed by atoms with E-state index in [9.17, 15) is 5.11 Å². The van der Waals surface area contributed by atoms with Gasteiger partial charge in [-0.3, -0.25) is 0 Å². The molecule has 3 heteroatoms. The highest BCUT2D eigenvalue weighted by Crippen LogP contribution is 2.47. The van der Waals surface area contributed by atoms with Gasteiger partial charge in [0.05, 0.1) is 12.2 Å². The maximum absolute atomic E-state index is 10.9. The lowest BCUT2D eigenvalue weighted by Gasteiger charge is -2.43. The van der Waals surface area contributed by atoms with Crippen LogP contribution in [0.15, 0.2) is 24.3 Å². The van der Waals surface area contributed by atoms with Gasteiger partial charge in [0, 0.05) is 12.0 Å². The summed E-state index contributed by atoms with van der Waals surface area (Å²) >= 11 is 0. The van der Waals surface area contributed by atoms with Crippen molar-refractivity contribution in [2.75, 3.05) is 6.54 Å². The van der Waals surface area contributed by atoms with Gasteiger partial charge >= 0.3 is 0 Å². The Bertz CT molecular complexity index is 443. The number of hydrogen-bond donors (Lipinski definition) is 2. The van der Waals surface area contributed by atoms with E-state index < -0.39 is 6.10 Å². The van der Waals surface area contributed by atoms with Crippen LogP contribution in [0.4, 0.5) is 0 Å². The number of benzene rings is 1. The fraction of sp³-hybridized carbons (Fsp3) is 0.667. The van der Waals surface area contributed by atoms with Crippen LogP contribution in [0, 0.1) is 11.3 Å². The van der Waals surface area contributed by atoms with Crippen molar-refractivity contribution in [3.63, 3.8) is 0 Å². The summed E-state index contributed by atoms with van der Waals surface area (Å²) < 4.78 is 5.66. The van der Waals surface area contributed by atoms with Gasteiger partial charge < -0.3 is 15.6 Å². The molecule has 1 aliphatic carbocycles. The van der Waals surface area contributed by atoms with E-state index in [4.69, 9.17) is 10.5 Å². The largest absolute Gasteiger partial charge is 0.491 e. The van der Waals surface area contributed by atoms with Crippen LogP contribution in [0.5, 0.6) is 5.75 Å². The van der Waals surface area contributed by atoms with Crippen LogP contribution < -0.4 is 10.5 Å². The first-order chi connectivity index (χ1) is 9.97. The highest BCUT2D eigenvalue weighted by Gasteiger charge is 2.40. The molecule has 0 amide bonds. The molecule has 1 saturated carbocycles. The molecule has 1 fully saturated rings. The van der Waals surface area contributed by atoms with Crippen LogP contribution in [0.2, 0.25) is 0 Å². The van der Waals surface area contributed by atoms with Gasteiger partial charge in [-0.05, 0) is 50.3 Å². The minimum absolute atomic E-state index is 0.162. The Kier molecular flexibility index (Phi) is 5.28. The first-order valence-corrected chi connectivity index (χ1v) is 8.11. The smallest absolute Gasteiger partial charge is 0.119 e. The lowest BCUT2D eigenvalue weighted by Crippen LogP contribution is -2.40. The van der Waals surface area contributed by atoms with Gasteiger partial charge in [0.25, 0.3) is 0 Å². The second kappa shape index (κ2) is 6.80. The Morgan fingerprint density at radius 1 is 1.33 bits per heavy atom. The van der Waals surface area contributed by atoms with E-state index in [2.05, 4.69) is 6.92 Å². The van der Waals surface area contributed by atoms with Crippen LogP contribution in [-0.4, -0.2) is 17.8 Å². The molecule has 21 heavy (non-hydrogen) atoms. The molecule has 0 aromatic heterocycles. The quantitative estimate of drug-likeness (QED) is 0.870. The lowest BCUT2D eigenvalue weighted by atomic mass is 9.65. The minimum atomic E-state index is -0.488.